The number of benzene rings is 1. The Balaban J connectivity index is 1.70. The minimum Gasteiger partial charge on any atom is -0.318 e. The topological polar surface area (TPSA) is 50.7 Å². The first-order chi connectivity index (χ1) is 13.1. The number of rotatable bonds is 2. The Labute approximate surface area is 161 Å². The van der Waals surface area contributed by atoms with Gasteiger partial charge < -0.3 is 9.55 Å². The maximum Gasteiger partial charge on any atom is 0.260 e. The smallest absolute Gasteiger partial charge is 0.260 e. The largest absolute Gasteiger partial charge is 0.318 e. The van der Waals surface area contributed by atoms with Crippen LogP contribution in [0, 0.1) is 13.8 Å². The van der Waals surface area contributed by atoms with E-state index < -0.39 is 0 Å². The number of H-pyrrole nitrogens is 1. The molecule has 4 nitrogen and oxygen atoms in total. The monoisotopic (exact) mass is 375 g/mol. The highest BCUT2D eigenvalue weighted by molar-refractivity contribution is 7.18. The molecule has 27 heavy (non-hydrogen) atoms. The highest BCUT2D eigenvalue weighted by Crippen LogP contribution is 2.35. The van der Waals surface area contributed by atoms with Crippen molar-refractivity contribution in [1.82, 2.24) is 14.5 Å². The molecule has 0 unspecified atom stereocenters. The third kappa shape index (κ3) is 2.57. The Morgan fingerprint density at radius 2 is 1.89 bits per heavy atom. The summed E-state index contributed by atoms with van der Waals surface area (Å²) in [5.41, 5.74) is 5.55. The van der Waals surface area contributed by atoms with Crippen LogP contribution in [0.1, 0.15) is 34.7 Å². The second-order valence-corrected chi connectivity index (χ2v) is 8.34. The average Bonchev–Trinajstić information content (AvgIpc) is 3.19. The quantitative estimate of drug-likeness (QED) is 0.540. The Morgan fingerprint density at radius 3 is 2.70 bits per heavy atom. The van der Waals surface area contributed by atoms with Crippen molar-refractivity contribution in [2.45, 2.75) is 39.5 Å². The molecule has 0 fully saturated rings. The number of aryl methyl sites for hydroxylation is 3. The van der Waals surface area contributed by atoms with E-state index >= 15 is 0 Å². The molecule has 3 aromatic heterocycles. The first-order valence-corrected chi connectivity index (χ1v) is 10.2. The Morgan fingerprint density at radius 1 is 1.11 bits per heavy atom. The van der Waals surface area contributed by atoms with Crippen LogP contribution in [0.3, 0.4) is 0 Å². The number of aromatic nitrogens is 3. The summed E-state index contributed by atoms with van der Waals surface area (Å²) < 4.78 is 2.21. The van der Waals surface area contributed by atoms with Crippen LogP contribution in [0.15, 0.2) is 41.2 Å². The molecule has 1 N–H and O–H groups in total. The zero-order valence-corrected chi connectivity index (χ0v) is 16.3. The van der Waals surface area contributed by atoms with Crippen molar-refractivity contribution in [1.29, 1.82) is 0 Å². The number of para-hydroxylation sites is 1. The van der Waals surface area contributed by atoms with E-state index in [1.54, 1.807) is 11.3 Å². The second-order valence-electron chi connectivity index (χ2n) is 7.26. The Hall–Kier alpha value is -2.66. The molecular formula is C22H21N3OS. The van der Waals surface area contributed by atoms with Crippen LogP contribution < -0.4 is 5.56 Å². The maximum absolute atomic E-state index is 12.9. The van der Waals surface area contributed by atoms with Gasteiger partial charge in [-0.05, 0) is 63.3 Å². The van der Waals surface area contributed by atoms with Gasteiger partial charge in [0, 0.05) is 27.5 Å². The fourth-order valence-electron chi connectivity index (χ4n) is 4.27. The number of thiophene rings is 1. The lowest BCUT2D eigenvalue weighted by Gasteiger charge is -2.10. The first-order valence-electron chi connectivity index (χ1n) is 9.43. The highest BCUT2D eigenvalue weighted by atomic mass is 32.1. The molecule has 0 aliphatic heterocycles. The van der Waals surface area contributed by atoms with Crippen molar-refractivity contribution in [3.05, 3.63) is 68.6 Å². The van der Waals surface area contributed by atoms with E-state index in [0.717, 1.165) is 52.1 Å². The van der Waals surface area contributed by atoms with E-state index in [1.165, 1.54) is 16.9 Å². The predicted octanol–water partition coefficient (Wildman–Crippen LogP) is 4.94. The van der Waals surface area contributed by atoms with Gasteiger partial charge >= 0.3 is 0 Å². The molecule has 0 saturated heterocycles. The van der Waals surface area contributed by atoms with Gasteiger partial charge in [-0.2, -0.15) is 0 Å². The molecule has 1 aliphatic rings. The normalized spacial score (nSPS) is 13.9. The van der Waals surface area contributed by atoms with Gasteiger partial charge in [0.15, 0.2) is 0 Å². The third-order valence-electron chi connectivity index (χ3n) is 5.53. The van der Waals surface area contributed by atoms with Crippen molar-refractivity contribution < 1.29 is 0 Å². The average molecular weight is 375 g/mol. The molecule has 1 aliphatic carbocycles. The Bertz CT molecular complexity index is 1210. The predicted molar refractivity (Wildman–Crippen MR) is 111 cm³/mol. The molecule has 0 spiro atoms. The SMILES string of the molecule is Cc1cc(-c2nc3sc4c(c3c(=O)[nH]2)CCCC4)c(C)n1-c1ccccc1. The fourth-order valence-corrected chi connectivity index (χ4v) is 5.53. The molecule has 5 heteroatoms. The zero-order chi connectivity index (χ0) is 18.5. The summed E-state index contributed by atoms with van der Waals surface area (Å²) in [5.74, 6) is 0.668. The lowest BCUT2D eigenvalue weighted by Crippen LogP contribution is -2.11. The van der Waals surface area contributed by atoms with Gasteiger partial charge in [-0.3, -0.25) is 4.79 Å². The van der Waals surface area contributed by atoms with Gasteiger partial charge in [-0.15, -0.1) is 11.3 Å². The van der Waals surface area contributed by atoms with E-state index in [1.807, 2.05) is 18.2 Å². The summed E-state index contributed by atoms with van der Waals surface area (Å²) in [5, 5.41) is 0.815. The molecule has 0 atom stereocenters. The van der Waals surface area contributed by atoms with Crippen LogP contribution in [-0.2, 0) is 12.8 Å². The molecule has 136 valence electrons. The number of nitrogens with one attached hydrogen (secondary N) is 1. The van der Waals surface area contributed by atoms with Crippen LogP contribution in [0.25, 0.3) is 27.3 Å². The first kappa shape index (κ1) is 16.5. The van der Waals surface area contributed by atoms with Crippen molar-refractivity contribution in [2.24, 2.45) is 0 Å². The van der Waals surface area contributed by atoms with Crippen molar-refractivity contribution >= 4 is 21.6 Å². The standard InChI is InChI=1S/C22H21N3OS/c1-13-12-17(14(2)25(13)15-8-4-3-5-9-15)20-23-21(26)19-16-10-6-7-11-18(16)27-22(19)24-20/h3-5,8-9,12H,6-7,10-11H2,1-2H3,(H,23,24,26). The maximum atomic E-state index is 12.9. The van der Waals surface area contributed by atoms with Crippen molar-refractivity contribution in [3.8, 4) is 17.1 Å². The fraction of sp³-hybridized carbons (Fsp3) is 0.273. The van der Waals surface area contributed by atoms with Crippen LogP contribution in [0.5, 0.6) is 0 Å². The van der Waals surface area contributed by atoms with Crippen LogP contribution in [0.2, 0.25) is 0 Å². The summed E-state index contributed by atoms with van der Waals surface area (Å²) in [6.07, 6.45) is 4.46. The number of hydrogen-bond donors (Lipinski definition) is 1. The second kappa shape index (κ2) is 6.20. The third-order valence-corrected chi connectivity index (χ3v) is 6.71. The van der Waals surface area contributed by atoms with E-state index in [0.29, 0.717) is 5.82 Å². The van der Waals surface area contributed by atoms with Crippen LogP contribution in [-0.4, -0.2) is 14.5 Å². The lowest BCUT2D eigenvalue weighted by molar-refractivity contribution is 0.700. The van der Waals surface area contributed by atoms with Gasteiger partial charge in [-0.25, -0.2) is 4.98 Å². The molecule has 0 bridgehead atoms. The molecule has 4 aromatic rings. The molecule has 5 rings (SSSR count). The minimum absolute atomic E-state index is 0.00101. The van der Waals surface area contributed by atoms with Crippen molar-refractivity contribution in [3.63, 3.8) is 0 Å². The van der Waals surface area contributed by atoms with E-state index in [9.17, 15) is 4.79 Å². The summed E-state index contributed by atoms with van der Waals surface area (Å²) in [4.78, 5) is 23.0. The number of hydrogen-bond acceptors (Lipinski definition) is 3. The van der Waals surface area contributed by atoms with Gasteiger partial charge in [0.05, 0.1) is 5.39 Å². The van der Waals surface area contributed by atoms with E-state index in [4.69, 9.17) is 4.98 Å². The summed E-state index contributed by atoms with van der Waals surface area (Å²) in [6, 6.07) is 12.4. The molecule has 1 aromatic carbocycles. The van der Waals surface area contributed by atoms with Gasteiger partial charge in [0.1, 0.15) is 10.7 Å². The molecule has 0 radical (unpaired) electrons. The summed E-state index contributed by atoms with van der Waals surface area (Å²) in [7, 11) is 0. The molecule has 0 amide bonds. The highest BCUT2D eigenvalue weighted by Gasteiger charge is 2.21. The van der Waals surface area contributed by atoms with E-state index in [2.05, 4.69) is 41.6 Å². The lowest BCUT2D eigenvalue weighted by atomic mass is 9.97. The van der Waals surface area contributed by atoms with E-state index in [-0.39, 0.29) is 5.56 Å². The van der Waals surface area contributed by atoms with Crippen LogP contribution >= 0.6 is 11.3 Å². The molecule has 3 heterocycles. The van der Waals surface area contributed by atoms with Gasteiger partial charge in [-0.1, -0.05) is 18.2 Å². The summed E-state index contributed by atoms with van der Waals surface area (Å²) in [6.45, 7) is 4.17. The van der Waals surface area contributed by atoms with Gasteiger partial charge in [0.2, 0.25) is 0 Å². The number of fused-ring (bicyclic) bond motifs is 3. The van der Waals surface area contributed by atoms with Crippen molar-refractivity contribution in [2.75, 3.05) is 0 Å². The minimum atomic E-state index is -0.00101. The summed E-state index contributed by atoms with van der Waals surface area (Å²) >= 11 is 1.70. The number of nitrogens with zero attached hydrogens (tertiary/aromatic N) is 2. The molecular weight excluding hydrogens is 354 g/mol. The zero-order valence-electron chi connectivity index (χ0n) is 15.5. The van der Waals surface area contributed by atoms with Gasteiger partial charge in [0.25, 0.3) is 5.56 Å². The van der Waals surface area contributed by atoms with Crippen LogP contribution in [0.4, 0.5) is 0 Å². The molecule has 0 saturated carbocycles. The Kier molecular flexibility index (Phi) is 3.79. The number of aromatic amines is 1.